The van der Waals surface area contributed by atoms with Crippen molar-refractivity contribution in [3.05, 3.63) is 35.5 Å². The molecule has 2 N–H and O–H groups in total. The van der Waals surface area contributed by atoms with Crippen LogP contribution in [0, 0.1) is 45.3 Å². The Morgan fingerprint density at radius 3 is 2.45 bits per heavy atom. The molecular weight excluding hydrogens is 408 g/mol. The molecule has 0 spiro atoms. The first-order valence-corrected chi connectivity index (χ1v) is 13.3. The summed E-state index contributed by atoms with van der Waals surface area (Å²) in [5, 5.41) is 19.9. The highest BCUT2D eigenvalue weighted by atomic mass is 16.4. The standard InChI is InChI=1S/C30H46O3/c1-19(9-8-10-20(2)26(32)33)21-13-17-30(7)23-11-12-24-27(3,4)25(31)15-16-28(24,5)22(23)14-18-29(21,30)6/h8-11,19,21-22,24-25,31H,12-18H2,1-7H3,(H,32,33)/b9-8+,20-10-/t19-,21-,22+,24-,25+,28+,29-,30+/m0/s1. The van der Waals surface area contributed by atoms with Gasteiger partial charge in [0.2, 0.25) is 0 Å². The predicted octanol–water partition coefficient (Wildman–Crippen LogP) is 7.18. The quantitative estimate of drug-likeness (QED) is 0.269. The van der Waals surface area contributed by atoms with Crippen LogP contribution in [0.3, 0.4) is 0 Å². The lowest BCUT2D eigenvalue weighted by Gasteiger charge is -2.64. The smallest absolute Gasteiger partial charge is 0.331 e. The summed E-state index contributed by atoms with van der Waals surface area (Å²) >= 11 is 0. The summed E-state index contributed by atoms with van der Waals surface area (Å²) in [6.45, 7) is 16.2. The number of carboxylic acids is 1. The summed E-state index contributed by atoms with van der Waals surface area (Å²) in [6.07, 6.45) is 16.6. The van der Waals surface area contributed by atoms with Gasteiger partial charge in [-0.05, 0) is 97.2 Å². The zero-order valence-corrected chi connectivity index (χ0v) is 21.9. The molecule has 0 radical (unpaired) electrons. The van der Waals surface area contributed by atoms with Crippen LogP contribution < -0.4 is 0 Å². The average Bonchev–Trinajstić information content (AvgIpc) is 3.02. The van der Waals surface area contributed by atoms with E-state index in [1.165, 1.54) is 25.7 Å². The molecule has 0 aliphatic heterocycles. The summed E-state index contributed by atoms with van der Waals surface area (Å²) in [6, 6.07) is 0. The Balaban J connectivity index is 1.63. The van der Waals surface area contributed by atoms with Crippen molar-refractivity contribution in [1.82, 2.24) is 0 Å². The van der Waals surface area contributed by atoms with Gasteiger partial charge < -0.3 is 10.2 Å². The summed E-state index contributed by atoms with van der Waals surface area (Å²) in [5.74, 6) is 1.41. The van der Waals surface area contributed by atoms with Crippen LogP contribution >= 0.6 is 0 Å². The largest absolute Gasteiger partial charge is 0.478 e. The monoisotopic (exact) mass is 454 g/mol. The third kappa shape index (κ3) is 3.51. The lowest BCUT2D eigenvalue weighted by Crippen LogP contribution is -2.58. The molecule has 4 aliphatic carbocycles. The second-order valence-electron chi connectivity index (χ2n) is 13.2. The van der Waals surface area contributed by atoms with E-state index >= 15 is 0 Å². The van der Waals surface area contributed by atoms with Gasteiger partial charge in [-0.1, -0.05) is 71.4 Å². The fourth-order valence-electron chi connectivity index (χ4n) is 9.16. The van der Waals surface area contributed by atoms with Crippen LogP contribution in [0.1, 0.15) is 93.4 Å². The van der Waals surface area contributed by atoms with Gasteiger partial charge in [0.25, 0.3) is 0 Å². The van der Waals surface area contributed by atoms with Crippen LogP contribution in [0.25, 0.3) is 0 Å². The lowest BCUT2D eigenvalue weighted by molar-refractivity contribution is -0.132. The number of carboxylic acid groups (broad SMARTS) is 1. The van der Waals surface area contributed by atoms with Gasteiger partial charge in [0.15, 0.2) is 0 Å². The second-order valence-corrected chi connectivity index (χ2v) is 13.2. The zero-order valence-electron chi connectivity index (χ0n) is 21.9. The minimum atomic E-state index is -0.847. The van der Waals surface area contributed by atoms with E-state index in [1.807, 2.05) is 6.08 Å². The van der Waals surface area contributed by atoms with Gasteiger partial charge in [-0.2, -0.15) is 0 Å². The fourth-order valence-corrected chi connectivity index (χ4v) is 9.16. The maximum atomic E-state index is 11.1. The zero-order chi connectivity index (χ0) is 24.4. The van der Waals surface area contributed by atoms with Gasteiger partial charge in [-0.15, -0.1) is 0 Å². The minimum absolute atomic E-state index is 0.0180. The molecule has 3 nitrogen and oxygen atoms in total. The average molecular weight is 455 g/mol. The number of aliphatic carboxylic acids is 1. The van der Waals surface area contributed by atoms with Crippen LogP contribution in [-0.2, 0) is 4.79 Å². The molecule has 0 heterocycles. The van der Waals surface area contributed by atoms with E-state index in [0.29, 0.717) is 34.7 Å². The Morgan fingerprint density at radius 1 is 1.09 bits per heavy atom. The predicted molar refractivity (Wildman–Crippen MR) is 135 cm³/mol. The molecule has 3 saturated carbocycles. The molecule has 0 aromatic carbocycles. The molecule has 8 atom stereocenters. The van der Waals surface area contributed by atoms with Gasteiger partial charge in [-0.3, -0.25) is 0 Å². The molecule has 0 amide bonds. The van der Waals surface area contributed by atoms with Crippen molar-refractivity contribution in [1.29, 1.82) is 0 Å². The number of aliphatic hydroxyl groups excluding tert-OH is 1. The summed E-state index contributed by atoms with van der Waals surface area (Å²) in [4.78, 5) is 11.1. The number of hydrogen-bond acceptors (Lipinski definition) is 2. The van der Waals surface area contributed by atoms with E-state index in [2.05, 4.69) is 53.7 Å². The molecule has 3 heteroatoms. The molecule has 0 bridgehead atoms. The van der Waals surface area contributed by atoms with Crippen molar-refractivity contribution in [3.63, 3.8) is 0 Å². The Hall–Kier alpha value is -1.35. The van der Waals surface area contributed by atoms with Crippen LogP contribution in [0.4, 0.5) is 0 Å². The van der Waals surface area contributed by atoms with Crippen molar-refractivity contribution in [2.24, 2.45) is 45.3 Å². The first-order chi connectivity index (χ1) is 15.3. The highest BCUT2D eigenvalue weighted by Gasteiger charge is 2.65. The van der Waals surface area contributed by atoms with Crippen molar-refractivity contribution in [2.45, 2.75) is 99.5 Å². The molecule has 4 aliphatic rings. The lowest BCUT2D eigenvalue weighted by atomic mass is 9.41. The van der Waals surface area contributed by atoms with Gasteiger partial charge in [0.05, 0.1) is 6.10 Å². The van der Waals surface area contributed by atoms with Crippen molar-refractivity contribution >= 4 is 5.97 Å². The molecule has 0 aromatic heterocycles. The maximum Gasteiger partial charge on any atom is 0.331 e. The van der Waals surface area contributed by atoms with E-state index in [0.717, 1.165) is 19.3 Å². The second kappa shape index (κ2) is 8.11. The minimum Gasteiger partial charge on any atom is -0.478 e. The van der Waals surface area contributed by atoms with Crippen LogP contribution in [0.15, 0.2) is 35.5 Å². The fraction of sp³-hybridized carbons (Fsp3) is 0.767. The molecule has 0 unspecified atom stereocenters. The molecule has 184 valence electrons. The number of fused-ring (bicyclic) bond motifs is 5. The highest BCUT2D eigenvalue weighted by molar-refractivity contribution is 5.86. The van der Waals surface area contributed by atoms with Crippen molar-refractivity contribution in [2.75, 3.05) is 0 Å². The van der Waals surface area contributed by atoms with E-state index in [9.17, 15) is 9.90 Å². The van der Waals surface area contributed by atoms with Gasteiger partial charge in [0, 0.05) is 5.57 Å². The summed E-state index contributed by atoms with van der Waals surface area (Å²) < 4.78 is 0. The Bertz CT molecular complexity index is 894. The topological polar surface area (TPSA) is 57.5 Å². The molecule has 33 heavy (non-hydrogen) atoms. The molecule has 4 rings (SSSR count). The SMILES string of the molecule is C/C(=C/C=C/[C@H](C)[C@@H]1CC[C@]2(C)C3=CC[C@H]4C(C)(C)[C@H](O)CC[C@]4(C)[C@@H]3CC[C@@]12C)C(=O)O. The third-order valence-electron chi connectivity index (χ3n) is 11.6. The Kier molecular flexibility index (Phi) is 6.08. The third-order valence-corrected chi connectivity index (χ3v) is 11.6. The first-order valence-electron chi connectivity index (χ1n) is 13.3. The van der Waals surface area contributed by atoms with Gasteiger partial charge >= 0.3 is 5.97 Å². The number of aliphatic hydroxyl groups is 1. The molecular formula is C30H46O3. The number of hydrogen-bond donors (Lipinski definition) is 2. The van der Waals surface area contributed by atoms with Gasteiger partial charge in [-0.25, -0.2) is 4.79 Å². The molecule has 0 saturated heterocycles. The van der Waals surface area contributed by atoms with Gasteiger partial charge in [0.1, 0.15) is 0 Å². The number of carbonyl (C=O) groups is 1. The van der Waals surface area contributed by atoms with Crippen LogP contribution in [-0.4, -0.2) is 22.3 Å². The summed E-state index contributed by atoms with van der Waals surface area (Å²) in [7, 11) is 0. The highest BCUT2D eigenvalue weighted by Crippen LogP contribution is 2.73. The van der Waals surface area contributed by atoms with E-state index < -0.39 is 5.97 Å². The summed E-state index contributed by atoms with van der Waals surface area (Å²) in [5.41, 5.74) is 2.91. The first kappa shape index (κ1) is 24.8. The number of allylic oxidation sites excluding steroid dienone is 5. The van der Waals surface area contributed by atoms with Crippen LogP contribution in [0.5, 0.6) is 0 Å². The normalized spacial score (nSPS) is 45.7. The Morgan fingerprint density at radius 2 is 1.79 bits per heavy atom. The Labute approximate surface area is 201 Å². The maximum absolute atomic E-state index is 11.1. The molecule has 0 aromatic rings. The van der Waals surface area contributed by atoms with Crippen LogP contribution in [0.2, 0.25) is 0 Å². The van der Waals surface area contributed by atoms with E-state index in [4.69, 9.17) is 5.11 Å². The van der Waals surface area contributed by atoms with E-state index in [-0.39, 0.29) is 22.3 Å². The van der Waals surface area contributed by atoms with E-state index in [1.54, 1.807) is 18.6 Å². The van der Waals surface area contributed by atoms with Crippen molar-refractivity contribution < 1.29 is 15.0 Å². The number of rotatable bonds is 4. The molecule has 3 fully saturated rings. The van der Waals surface area contributed by atoms with Crippen molar-refractivity contribution in [3.8, 4) is 0 Å².